The molecular formula is C25H29ClFN5O. The largest absolute Gasteiger partial charge is 0.440 e. The van der Waals surface area contributed by atoms with Gasteiger partial charge >= 0.3 is 0 Å². The number of ether oxygens (including phenoxy) is 1. The molecule has 2 aromatic heterocycles. The van der Waals surface area contributed by atoms with E-state index in [-0.39, 0.29) is 16.8 Å². The number of allylic oxidation sites excluding steroid dienone is 1. The summed E-state index contributed by atoms with van der Waals surface area (Å²) in [6.07, 6.45) is 4.81. The van der Waals surface area contributed by atoms with Crippen LogP contribution in [0.25, 0.3) is 10.9 Å². The number of H-pyrrole nitrogens is 1. The van der Waals surface area contributed by atoms with E-state index in [1.54, 1.807) is 12.1 Å². The molecule has 1 aromatic carbocycles. The minimum atomic E-state index is -0.407. The Hall–Kier alpha value is -2.93. The molecule has 1 saturated carbocycles. The maximum Gasteiger partial charge on any atom is 0.199 e. The summed E-state index contributed by atoms with van der Waals surface area (Å²) in [5, 5.41) is 8.00. The second-order valence-electron chi connectivity index (χ2n) is 8.69. The summed E-state index contributed by atoms with van der Waals surface area (Å²) < 4.78 is 23.1. The molecule has 0 saturated heterocycles. The van der Waals surface area contributed by atoms with Crippen molar-refractivity contribution in [3.63, 3.8) is 0 Å². The second kappa shape index (κ2) is 9.51. The van der Waals surface area contributed by atoms with Crippen molar-refractivity contribution >= 4 is 39.9 Å². The fraction of sp³-hybridized carbons (Fsp3) is 0.400. The third kappa shape index (κ3) is 5.19. The average Bonchev–Trinajstić information content (AvgIpc) is 3.46. The number of aliphatic imine (C=N–C) groups is 2. The van der Waals surface area contributed by atoms with Crippen LogP contribution >= 0.6 is 11.6 Å². The predicted octanol–water partition coefficient (Wildman–Crippen LogP) is 6.92. The molecule has 2 heterocycles. The predicted molar refractivity (Wildman–Crippen MR) is 132 cm³/mol. The molecule has 6 nitrogen and oxygen atoms in total. The van der Waals surface area contributed by atoms with Gasteiger partial charge in [0.05, 0.1) is 5.52 Å². The highest BCUT2D eigenvalue weighted by Gasteiger charge is 2.25. The molecule has 0 amide bonds. The van der Waals surface area contributed by atoms with Crippen LogP contribution in [0.1, 0.15) is 57.3 Å². The molecule has 1 N–H and O–H groups in total. The Kier molecular flexibility index (Phi) is 6.70. The number of benzene rings is 1. The molecule has 0 aliphatic heterocycles. The van der Waals surface area contributed by atoms with E-state index in [1.807, 2.05) is 57.5 Å². The van der Waals surface area contributed by atoms with Crippen molar-refractivity contribution in [2.75, 3.05) is 0 Å². The summed E-state index contributed by atoms with van der Waals surface area (Å²) in [6.45, 7) is 7.76. The normalized spacial score (nSPS) is 16.5. The van der Waals surface area contributed by atoms with Crippen LogP contribution < -0.4 is 4.74 Å². The monoisotopic (exact) mass is 469 g/mol. The average molecular weight is 470 g/mol. The molecule has 1 aliphatic rings. The van der Waals surface area contributed by atoms with Crippen LogP contribution in [0.2, 0.25) is 0 Å². The molecule has 1 unspecified atom stereocenters. The van der Waals surface area contributed by atoms with Crippen LogP contribution in [0.5, 0.6) is 5.75 Å². The lowest BCUT2D eigenvalue weighted by Crippen LogP contribution is -2.18. The van der Waals surface area contributed by atoms with Gasteiger partial charge in [-0.15, -0.1) is 0 Å². The maximum atomic E-state index is 15.2. The lowest BCUT2D eigenvalue weighted by atomic mass is 10.1. The Balaban J connectivity index is 1.58. The zero-order valence-electron chi connectivity index (χ0n) is 19.6. The first-order valence-corrected chi connectivity index (χ1v) is 11.6. The van der Waals surface area contributed by atoms with Crippen LogP contribution in [0.3, 0.4) is 0 Å². The quantitative estimate of drug-likeness (QED) is 0.232. The van der Waals surface area contributed by atoms with Gasteiger partial charge < -0.3 is 9.30 Å². The number of rotatable bonds is 7. The fourth-order valence-electron chi connectivity index (χ4n) is 3.60. The van der Waals surface area contributed by atoms with E-state index in [4.69, 9.17) is 16.3 Å². The van der Waals surface area contributed by atoms with Crippen molar-refractivity contribution in [3.8, 4) is 5.75 Å². The number of nitrogens with one attached hydrogen (secondary N) is 1. The standard InChI is InChI=1S/C25H29ClFN5O/c1-6-14(2)25(33-21-10-9-20-18(24(21)27)12-16(4)32(20)5)29-22(26)11-15(3)28-23-13-19(30-31-23)17-7-8-17/h9-14,17H,6-8H2,1-5H3,(H,30,31)/b22-11-,28-15?,29-25?. The van der Waals surface area contributed by atoms with E-state index < -0.39 is 5.82 Å². The van der Waals surface area contributed by atoms with E-state index in [9.17, 15) is 0 Å². The first-order valence-electron chi connectivity index (χ1n) is 11.3. The van der Waals surface area contributed by atoms with Crippen molar-refractivity contribution < 1.29 is 9.13 Å². The van der Waals surface area contributed by atoms with Crippen molar-refractivity contribution in [2.24, 2.45) is 23.0 Å². The zero-order chi connectivity index (χ0) is 23.7. The summed E-state index contributed by atoms with van der Waals surface area (Å²) in [5.74, 6) is 1.23. The fourth-order valence-corrected chi connectivity index (χ4v) is 3.84. The van der Waals surface area contributed by atoms with Crippen molar-refractivity contribution in [2.45, 2.75) is 52.9 Å². The summed E-state index contributed by atoms with van der Waals surface area (Å²) in [6, 6.07) is 7.26. The molecule has 4 rings (SSSR count). The summed E-state index contributed by atoms with van der Waals surface area (Å²) in [5.41, 5.74) is 3.56. The van der Waals surface area contributed by atoms with Crippen molar-refractivity contribution in [1.82, 2.24) is 14.8 Å². The Labute approximate surface area is 198 Å². The first-order chi connectivity index (χ1) is 15.8. The Morgan fingerprint density at radius 1 is 1.39 bits per heavy atom. The molecule has 174 valence electrons. The minimum absolute atomic E-state index is 0.0514. The molecule has 3 aromatic rings. The van der Waals surface area contributed by atoms with Gasteiger partial charge in [0.15, 0.2) is 23.3 Å². The van der Waals surface area contributed by atoms with Gasteiger partial charge in [0.2, 0.25) is 0 Å². The molecule has 1 atom stereocenters. The minimum Gasteiger partial charge on any atom is -0.440 e. The van der Waals surface area contributed by atoms with Gasteiger partial charge in [-0.25, -0.2) is 14.4 Å². The number of halogens is 2. The first kappa shape index (κ1) is 23.2. The number of aromatic nitrogens is 3. The van der Waals surface area contributed by atoms with E-state index in [1.165, 1.54) is 12.8 Å². The molecule has 1 aliphatic carbocycles. The van der Waals surface area contributed by atoms with E-state index in [2.05, 4.69) is 20.2 Å². The summed E-state index contributed by atoms with van der Waals surface area (Å²) in [4.78, 5) is 8.94. The van der Waals surface area contributed by atoms with Crippen molar-refractivity contribution in [1.29, 1.82) is 0 Å². The zero-order valence-corrected chi connectivity index (χ0v) is 20.4. The van der Waals surface area contributed by atoms with Crippen LogP contribution in [0.15, 0.2) is 45.5 Å². The lowest BCUT2D eigenvalue weighted by molar-refractivity contribution is 0.458. The Morgan fingerprint density at radius 3 is 2.85 bits per heavy atom. The molecule has 8 heteroatoms. The van der Waals surface area contributed by atoms with Gasteiger partial charge in [-0.05, 0) is 57.4 Å². The maximum absolute atomic E-state index is 15.2. The van der Waals surface area contributed by atoms with Crippen LogP contribution in [-0.4, -0.2) is 26.4 Å². The molecular weight excluding hydrogens is 441 g/mol. The van der Waals surface area contributed by atoms with Gasteiger partial charge in [-0.2, -0.15) is 5.10 Å². The smallest absolute Gasteiger partial charge is 0.199 e. The van der Waals surface area contributed by atoms with Gasteiger partial charge in [0.25, 0.3) is 0 Å². The summed E-state index contributed by atoms with van der Waals surface area (Å²) >= 11 is 6.42. The summed E-state index contributed by atoms with van der Waals surface area (Å²) in [7, 11) is 1.91. The molecule has 0 radical (unpaired) electrons. The van der Waals surface area contributed by atoms with E-state index in [0.29, 0.717) is 28.7 Å². The molecule has 1 fully saturated rings. The van der Waals surface area contributed by atoms with Crippen LogP contribution in [0, 0.1) is 18.7 Å². The third-order valence-corrected chi connectivity index (χ3v) is 6.24. The number of aryl methyl sites for hydroxylation is 2. The topological polar surface area (TPSA) is 67.6 Å². The molecule has 33 heavy (non-hydrogen) atoms. The number of nitrogens with zero attached hydrogens (tertiary/aromatic N) is 4. The van der Waals surface area contributed by atoms with E-state index in [0.717, 1.165) is 23.3 Å². The van der Waals surface area contributed by atoms with Crippen LogP contribution in [-0.2, 0) is 7.05 Å². The highest BCUT2D eigenvalue weighted by Crippen LogP contribution is 2.39. The highest BCUT2D eigenvalue weighted by molar-refractivity contribution is 6.31. The van der Waals surface area contributed by atoms with Crippen molar-refractivity contribution in [3.05, 3.63) is 52.7 Å². The van der Waals surface area contributed by atoms with E-state index >= 15 is 4.39 Å². The Morgan fingerprint density at radius 2 is 2.15 bits per heavy atom. The lowest BCUT2D eigenvalue weighted by Gasteiger charge is -2.15. The van der Waals surface area contributed by atoms with Crippen LogP contribution in [0.4, 0.5) is 10.2 Å². The number of aromatic amines is 1. The number of fused-ring (bicyclic) bond motifs is 1. The number of hydrogen-bond acceptors (Lipinski definition) is 4. The SMILES string of the molecule is CCC(C)C(=N/C(Cl)=C\C(C)=Nc1cc(C2CC2)[nH]n1)Oc1ccc2c(cc(C)n2C)c1F. The second-order valence-corrected chi connectivity index (χ2v) is 9.08. The highest BCUT2D eigenvalue weighted by atomic mass is 35.5. The molecule has 0 bridgehead atoms. The van der Waals surface area contributed by atoms with Gasteiger partial charge in [-0.1, -0.05) is 25.4 Å². The molecule has 0 spiro atoms. The number of hydrogen-bond donors (Lipinski definition) is 1. The Bertz CT molecular complexity index is 1270. The van der Waals surface area contributed by atoms with Gasteiger partial charge in [0, 0.05) is 47.4 Å². The van der Waals surface area contributed by atoms with Gasteiger partial charge in [-0.3, -0.25) is 5.10 Å². The van der Waals surface area contributed by atoms with Gasteiger partial charge in [0.1, 0.15) is 5.16 Å². The third-order valence-electron chi connectivity index (χ3n) is 6.05.